The fourth-order valence-electron chi connectivity index (χ4n) is 3.57. The Morgan fingerprint density at radius 2 is 1.79 bits per heavy atom. The summed E-state index contributed by atoms with van der Waals surface area (Å²) in [5.74, 6) is 0.781. The van der Waals surface area contributed by atoms with Crippen LogP contribution in [0.15, 0.2) is 24.3 Å². The lowest BCUT2D eigenvalue weighted by molar-refractivity contribution is 0.232. The quantitative estimate of drug-likeness (QED) is 0.874. The smallest absolute Gasteiger partial charge is 0.00813 e. The molecule has 3 rings (SSSR count). The van der Waals surface area contributed by atoms with Gasteiger partial charge in [0, 0.05) is 18.1 Å². The summed E-state index contributed by atoms with van der Waals surface area (Å²) in [6.07, 6.45) is 7.56. The predicted molar refractivity (Wildman–Crippen MR) is 80.3 cm³/mol. The molecule has 0 atom stereocenters. The van der Waals surface area contributed by atoms with Gasteiger partial charge in [0.05, 0.1) is 0 Å². The highest BCUT2D eigenvalue weighted by Gasteiger charge is 2.32. The van der Waals surface area contributed by atoms with E-state index in [2.05, 4.69) is 36.5 Å². The van der Waals surface area contributed by atoms with Crippen molar-refractivity contribution in [1.82, 2.24) is 5.32 Å². The van der Waals surface area contributed by atoms with Gasteiger partial charge in [-0.15, -0.1) is 0 Å². The Labute approximate surface area is 116 Å². The lowest BCUT2D eigenvalue weighted by atomic mass is 9.75. The van der Waals surface area contributed by atoms with Crippen LogP contribution in [0.25, 0.3) is 0 Å². The summed E-state index contributed by atoms with van der Waals surface area (Å²) in [5.41, 5.74) is 8.87. The number of nitrogens with two attached hydrogens (primary N) is 1. The molecule has 104 valence electrons. The Morgan fingerprint density at radius 3 is 2.47 bits per heavy atom. The third kappa shape index (κ3) is 3.18. The van der Waals surface area contributed by atoms with E-state index in [-0.39, 0.29) is 0 Å². The molecule has 2 saturated carbocycles. The molecule has 19 heavy (non-hydrogen) atoms. The molecule has 2 aliphatic carbocycles. The molecule has 0 radical (unpaired) electrons. The molecule has 0 saturated heterocycles. The highest BCUT2D eigenvalue weighted by molar-refractivity contribution is 5.27. The first-order valence-corrected chi connectivity index (χ1v) is 7.79. The van der Waals surface area contributed by atoms with Gasteiger partial charge in [-0.3, -0.25) is 0 Å². The van der Waals surface area contributed by atoms with E-state index < -0.39 is 0 Å². The summed E-state index contributed by atoms with van der Waals surface area (Å²) >= 11 is 0. The zero-order valence-electron chi connectivity index (χ0n) is 11.9. The van der Waals surface area contributed by atoms with Gasteiger partial charge in [0.2, 0.25) is 0 Å². The van der Waals surface area contributed by atoms with Crippen LogP contribution in [0.1, 0.15) is 55.6 Å². The molecule has 1 aromatic carbocycles. The normalized spacial score (nSPS) is 34.8. The molecular weight excluding hydrogens is 232 g/mol. The van der Waals surface area contributed by atoms with Crippen LogP contribution in [0, 0.1) is 6.92 Å². The molecule has 2 fully saturated rings. The SMILES string of the molecule is Cc1cccc(C2CC(NC3CCC(N)CC3)C2)c1. The maximum atomic E-state index is 5.96. The lowest BCUT2D eigenvalue weighted by Crippen LogP contribution is -2.47. The molecule has 0 unspecified atom stereocenters. The molecule has 0 aromatic heterocycles. The van der Waals surface area contributed by atoms with Crippen molar-refractivity contribution in [2.75, 3.05) is 0 Å². The van der Waals surface area contributed by atoms with E-state index in [0.717, 1.165) is 18.0 Å². The second kappa shape index (κ2) is 5.64. The van der Waals surface area contributed by atoms with Gasteiger partial charge in [0.15, 0.2) is 0 Å². The Bertz CT molecular complexity index is 415. The number of hydrogen-bond acceptors (Lipinski definition) is 2. The zero-order valence-corrected chi connectivity index (χ0v) is 11.9. The Morgan fingerprint density at radius 1 is 1.05 bits per heavy atom. The standard InChI is InChI=1S/C17H26N2/c1-12-3-2-4-13(9-12)14-10-17(11-14)19-16-7-5-15(18)6-8-16/h2-4,9,14-17,19H,5-8,10-11,18H2,1H3. The highest BCUT2D eigenvalue weighted by atomic mass is 15.0. The molecule has 3 N–H and O–H groups in total. The summed E-state index contributed by atoms with van der Waals surface area (Å²) < 4.78 is 0. The van der Waals surface area contributed by atoms with Crippen LogP contribution in [0.4, 0.5) is 0 Å². The maximum Gasteiger partial charge on any atom is 0.00813 e. The van der Waals surface area contributed by atoms with Crippen LogP contribution in [0.2, 0.25) is 0 Å². The topological polar surface area (TPSA) is 38.0 Å². The first-order valence-electron chi connectivity index (χ1n) is 7.79. The minimum absolute atomic E-state index is 0.458. The van der Waals surface area contributed by atoms with Gasteiger partial charge in [-0.05, 0) is 56.9 Å². The number of hydrogen-bond donors (Lipinski definition) is 2. The molecule has 2 heteroatoms. The van der Waals surface area contributed by atoms with Gasteiger partial charge in [0.1, 0.15) is 0 Å². The molecular formula is C17H26N2. The van der Waals surface area contributed by atoms with Crippen LogP contribution in [-0.2, 0) is 0 Å². The second-order valence-electron chi connectivity index (χ2n) is 6.56. The highest BCUT2D eigenvalue weighted by Crippen LogP contribution is 2.37. The van der Waals surface area contributed by atoms with E-state index in [4.69, 9.17) is 5.73 Å². The number of nitrogens with one attached hydrogen (secondary N) is 1. The monoisotopic (exact) mass is 258 g/mol. The van der Waals surface area contributed by atoms with Crippen molar-refractivity contribution in [2.45, 2.75) is 69.5 Å². The summed E-state index contributed by atoms with van der Waals surface area (Å²) in [4.78, 5) is 0. The minimum atomic E-state index is 0.458. The predicted octanol–water partition coefficient (Wildman–Crippen LogP) is 3.10. The third-order valence-electron chi connectivity index (χ3n) is 4.89. The molecule has 0 aliphatic heterocycles. The number of benzene rings is 1. The van der Waals surface area contributed by atoms with E-state index in [0.29, 0.717) is 6.04 Å². The fraction of sp³-hybridized carbons (Fsp3) is 0.647. The molecule has 2 aliphatic rings. The molecule has 0 spiro atoms. The van der Waals surface area contributed by atoms with Crippen molar-refractivity contribution in [2.24, 2.45) is 5.73 Å². The molecule has 1 aromatic rings. The van der Waals surface area contributed by atoms with E-state index in [1.807, 2.05) is 0 Å². The largest absolute Gasteiger partial charge is 0.328 e. The molecule has 0 amide bonds. The average molecular weight is 258 g/mol. The third-order valence-corrected chi connectivity index (χ3v) is 4.89. The fourth-order valence-corrected chi connectivity index (χ4v) is 3.57. The van der Waals surface area contributed by atoms with E-state index in [1.165, 1.54) is 49.7 Å². The second-order valence-corrected chi connectivity index (χ2v) is 6.56. The first-order chi connectivity index (χ1) is 9.20. The number of aryl methyl sites for hydroxylation is 1. The van der Waals surface area contributed by atoms with Gasteiger partial charge < -0.3 is 11.1 Å². The van der Waals surface area contributed by atoms with Gasteiger partial charge in [-0.25, -0.2) is 0 Å². The summed E-state index contributed by atoms with van der Waals surface area (Å²) in [6.45, 7) is 2.18. The van der Waals surface area contributed by atoms with Crippen LogP contribution in [-0.4, -0.2) is 18.1 Å². The minimum Gasteiger partial charge on any atom is -0.328 e. The molecule has 0 bridgehead atoms. The van der Waals surface area contributed by atoms with Crippen molar-refractivity contribution in [1.29, 1.82) is 0 Å². The number of rotatable bonds is 3. The molecule has 0 heterocycles. The summed E-state index contributed by atoms with van der Waals surface area (Å²) in [7, 11) is 0. The first kappa shape index (κ1) is 13.1. The van der Waals surface area contributed by atoms with Crippen LogP contribution in [0.3, 0.4) is 0 Å². The van der Waals surface area contributed by atoms with Gasteiger partial charge in [-0.2, -0.15) is 0 Å². The Kier molecular flexibility index (Phi) is 3.90. The van der Waals surface area contributed by atoms with Gasteiger partial charge in [-0.1, -0.05) is 29.8 Å². The van der Waals surface area contributed by atoms with Gasteiger partial charge >= 0.3 is 0 Å². The van der Waals surface area contributed by atoms with Crippen LogP contribution >= 0.6 is 0 Å². The van der Waals surface area contributed by atoms with E-state index in [9.17, 15) is 0 Å². The van der Waals surface area contributed by atoms with Crippen LogP contribution in [0.5, 0.6) is 0 Å². The van der Waals surface area contributed by atoms with Crippen molar-refractivity contribution in [3.63, 3.8) is 0 Å². The maximum absolute atomic E-state index is 5.96. The van der Waals surface area contributed by atoms with E-state index in [1.54, 1.807) is 0 Å². The van der Waals surface area contributed by atoms with Crippen LogP contribution < -0.4 is 11.1 Å². The Hall–Kier alpha value is -0.860. The van der Waals surface area contributed by atoms with Crippen molar-refractivity contribution >= 4 is 0 Å². The van der Waals surface area contributed by atoms with Crippen molar-refractivity contribution in [3.05, 3.63) is 35.4 Å². The van der Waals surface area contributed by atoms with Gasteiger partial charge in [0.25, 0.3) is 0 Å². The average Bonchev–Trinajstić information content (AvgIpc) is 2.35. The summed E-state index contributed by atoms with van der Waals surface area (Å²) in [5, 5.41) is 3.83. The van der Waals surface area contributed by atoms with E-state index >= 15 is 0 Å². The molecule has 2 nitrogen and oxygen atoms in total. The van der Waals surface area contributed by atoms with Crippen molar-refractivity contribution in [3.8, 4) is 0 Å². The lowest BCUT2D eigenvalue weighted by Gasteiger charge is -2.40. The summed E-state index contributed by atoms with van der Waals surface area (Å²) in [6, 6.07) is 10.9. The van der Waals surface area contributed by atoms with Crippen molar-refractivity contribution < 1.29 is 0 Å². The zero-order chi connectivity index (χ0) is 13.2. The Balaban J connectivity index is 1.45.